The monoisotopic (exact) mass is 312 g/mol. The molecule has 0 bridgehead atoms. The van der Waals surface area contributed by atoms with Crippen molar-refractivity contribution in [2.24, 2.45) is 5.41 Å². The van der Waals surface area contributed by atoms with Gasteiger partial charge in [-0.1, -0.05) is 31.5 Å². The first kappa shape index (κ1) is 17.5. The van der Waals surface area contributed by atoms with Gasteiger partial charge in [0, 0.05) is 23.9 Å². The number of aliphatic hydroxyl groups excluding tert-OH is 1. The highest BCUT2D eigenvalue weighted by Crippen LogP contribution is 2.23. The second-order valence-electron chi connectivity index (χ2n) is 5.69. The lowest BCUT2D eigenvalue weighted by Crippen LogP contribution is -2.40. The first-order valence-electron chi connectivity index (χ1n) is 6.72. The molecule has 1 aromatic rings. The minimum Gasteiger partial charge on any atom is -0.396 e. The summed E-state index contributed by atoms with van der Waals surface area (Å²) in [4.78, 5) is 23.6. The van der Waals surface area contributed by atoms with Crippen molar-refractivity contribution >= 4 is 29.1 Å². The van der Waals surface area contributed by atoms with Gasteiger partial charge in [0.1, 0.15) is 0 Å². The van der Waals surface area contributed by atoms with E-state index in [-0.39, 0.29) is 12.0 Å². The van der Waals surface area contributed by atoms with Gasteiger partial charge in [-0.2, -0.15) is 0 Å². The smallest absolute Gasteiger partial charge is 0.313 e. The number of hydrogen-bond donors (Lipinski definition) is 3. The van der Waals surface area contributed by atoms with Crippen LogP contribution in [0.5, 0.6) is 0 Å². The van der Waals surface area contributed by atoms with E-state index in [2.05, 4.69) is 10.6 Å². The van der Waals surface area contributed by atoms with Crippen LogP contribution in [0.3, 0.4) is 0 Å². The van der Waals surface area contributed by atoms with Crippen LogP contribution in [-0.2, 0) is 9.59 Å². The maximum atomic E-state index is 11.8. The quantitative estimate of drug-likeness (QED) is 0.729. The molecule has 0 spiro atoms. The van der Waals surface area contributed by atoms with Crippen LogP contribution in [0.25, 0.3) is 0 Å². The maximum absolute atomic E-state index is 11.8. The van der Waals surface area contributed by atoms with Crippen molar-refractivity contribution in [3.63, 3.8) is 0 Å². The average molecular weight is 313 g/mol. The number of anilines is 1. The molecule has 0 unspecified atom stereocenters. The van der Waals surface area contributed by atoms with E-state index in [4.69, 9.17) is 16.7 Å². The van der Waals surface area contributed by atoms with Crippen LogP contribution in [0.15, 0.2) is 18.2 Å². The third kappa shape index (κ3) is 5.36. The molecule has 21 heavy (non-hydrogen) atoms. The van der Waals surface area contributed by atoms with Crippen LogP contribution in [0.4, 0.5) is 5.69 Å². The Labute approximate surface area is 129 Å². The summed E-state index contributed by atoms with van der Waals surface area (Å²) in [7, 11) is 0. The molecule has 6 heteroatoms. The molecule has 0 saturated heterocycles. The fourth-order valence-electron chi connectivity index (χ4n) is 1.71. The molecule has 0 radical (unpaired) electrons. The Morgan fingerprint density at radius 2 is 1.95 bits per heavy atom. The Morgan fingerprint density at radius 1 is 1.29 bits per heavy atom. The number of amides is 2. The van der Waals surface area contributed by atoms with Crippen LogP contribution < -0.4 is 10.6 Å². The number of hydrogen-bond acceptors (Lipinski definition) is 3. The molecule has 3 N–H and O–H groups in total. The van der Waals surface area contributed by atoms with Crippen molar-refractivity contribution in [3.8, 4) is 0 Å². The van der Waals surface area contributed by atoms with E-state index in [0.29, 0.717) is 29.2 Å². The molecule has 0 atom stereocenters. The SMILES string of the molecule is Cc1c(Cl)cccc1NC(=O)C(=O)NCC(C)(C)CCO. The molecule has 0 aliphatic carbocycles. The Balaban J connectivity index is 2.60. The zero-order valence-corrected chi connectivity index (χ0v) is 13.3. The van der Waals surface area contributed by atoms with Crippen molar-refractivity contribution in [1.82, 2.24) is 5.32 Å². The molecular weight excluding hydrogens is 292 g/mol. The Bertz CT molecular complexity index is 530. The highest BCUT2D eigenvalue weighted by Gasteiger charge is 2.21. The molecule has 0 aliphatic heterocycles. The van der Waals surface area contributed by atoms with Crippen molar-refractivity contribution in [2.75, 3.05) is 18.5 Å². The van der Waals surface area contributed by atoms with Crippen LogP contribution >= 0.6 is 11.6 Å². The van der Waals surface area contributed by atoms with Gasteiger partial charge in [-0.15, -0.1) is 0 Å². The minimum atomic E-state index is -0.736. The van der Waals surface area contributed by atoms with Gasteiger partial charge in [-0.3, -0.25) is 9.59 Å². The van der Waals surface area contributed by atoms with Crippen LogP contribution in [0, 0.1) is 12.3 Å². The summed E-state index contributed by atoms with van der Waals surface area (Å²) in [6, 6.07) is 5.10. The molecular formula is C15H21ClN2O3. The lowest BCUT2D eigenvalue weighted by Gasteiger charge is -2.23. The van der Waals surface area contributed by atoms with E-state index in [1.165, 1.54) is 0 Å². The molecule has 1 rings (SSSR count). The van der Waals surface area contributed by atoms with Gasteiger partial charge in [0.2, 0.25) is 0 Å². The van der Waals surface area contributed by atoms with Crippen molar-refractivity contribution in [1.29, 1.82) is 0 Å². The van der Waals surface area contributed by atoms with Gasteiger partial charge in [0.15, 0.2) is 0 Å². The second kappa shape index (κ2) is 7.43. The van der Waals surface area contributed by atoms with Crippen LogP contribution in [0.2, 0.25) is 5.02 Å². The summed E-state index contributed by atoms with van der Waals surface area (Å²) in [6.07, 6.45) is 0.544. The maximum Gasteiger partial charge on any atom is 0.313 e. The van der Waals surface area contributed by atoms with E-state index in [1.54, 1.807) is 25.1 Å². The predicted molar refractivity (Wildman–Crippen MR) is 83.3 cm³/mol. The summed E-state index contributed by atoms with van der Waals surface area (Å²) in [6.45, 7) is 5.93. The zero-order valence-electron chi connectivity index (χ0n) is 12.5. The Morgan fingerprint density at radius 3 is 2.57 bits per heavy atom. The number of halogens is 1. The molecule has 116 valence electrons. The van der Waals surface area contributed by atoms with Crippen molar-refractivity contribution < 1.29 is 14.7 Å². The molecule has 0 saturated carbocycles. The van der Waals surface area contributed by atoms with Gasteiger partial charge < -0.3 is 15.7 Å². The fraction of sp³-hybridized carbons (Fsp3) is 0.467. The third-order valence-corrected chi connectivity index (χ3v) is 3.65. The van der Waals surface area contributed by atoms with E-state index in [9.17, 15) is 9.59 Å². The number of carbonyl (C=O) groups is 2. The van der Waals surface area contributed by atoms with E-state index >= 15 is 0 Å². The number of benzene rings is 1. The Kier molecular flexibility index (Phi) is 6.18. The summed E-state index contributed by atoms with van der Waals surface area (Å²) in [5, 5.41) is 14.5. The van der Waals surface area contributed by atoms with Gasteiger partial charge in [0.25, 0.3) is 0 Å². The normalized spacial score (nSPS) is 11.1. The topological polar surface area (TPSA) is 78.4 Å². The molecule has 5 nitrogen and oxygen atoms in total. The molecule has 1 aromatic carbocycles. The van der Waals surface area contributed by atoms with Gasteiger partial charge in [0.05, 0.1) is 0 Å². The van der Waals surface area contributed by atoms with E-state index in [1.807, 2.05) is 13.8 Å². The number of carbonyl (C=O) groups excluding carboxylic acids is 2. The molecule has 0 aliphatic rings. The van der Waals surface area contributed by atoms with Crippen molar-refractivity contribution in [2.45, 2.75) is 27.2 Å². The second-order valence-corrected chi connectivity index (χ2v) is 6.09. The largest absolute Gasteiger partial charge is 0.396 e. The number of nitrogens with one attached hydrogen (secondary N) is 2. The summed E-state index contributed by atoms with van der Waals surface area (Å²) in [5.74, 6) is -1.44. The molecule has 2 amide bonds. The molecule has 0 heterocycles. The third-order valence-electron chi connectivity index (χ3n) is 3.24. The van der Waals surface area contributed by atoms with Crippen LogP contribution in [-0.4, -0.2) is 30.1 Å². The standard InChI is InChI=1S/C15H21ClN2O3/c1-10-11(16)5-4-6-12(10)18-14(21)13(20)17-9-15(2,3)7-8-19/h4-6,19H,7-9H2,1-3H3,(H,17,20)(H,18,21). The minimum absolute atomic E-state index is 0.0385. The lowest BCUT2D eigenvalue weighted by atomic mass is 9.90. The predicted octanol–water partition coefficient (Wildman–Crippen LogP) is 2.11. The van der Waals surface area contributed by atoms with Gasteiger partial charge in [-0.05, 0) is 36.5 Å². The van der Waals surface area contributed by atoms with Crippen LogP contribution in [0.1, 0.15) is 25.8 Å². The van der Waals surface area contributed by atoms with Crippen molar-refractivity contribution in [3.05, 3.63) is 28.8 Å². The zero-order chi connectivity index (χ0) is 16.0. The molecule has 0 fully saturated rings. The lowest BCUT2D eigenvalue weighted by molar-refractivity contribution is -0.136. The highest BCUT2D eigenvalue weighted by atomic mass is 35.5. The van der Waals surface area contributed by atoms with Gasteiger partial charge >= 0.3 is 11.8 Å². The summed E-state index contributed by atoms with van der Waals surface area (Å²) >= 11 is 5.96. The fourth-order valence-corrected chi connectivity index (χ4v) is 1.89. The van der Waals surface area contributed by atoms with E-state index < -0.39 is 11.8 Å². The van der Waals surface area contributed by atoms with E-state index in [0.717, 1.165) is 0 Å². The van der Waals surface area contributed by atoms with Gasteiger partial charge in [-0.25, -0.2) is 0 Å². The highest BCUT2D eigenvalue weighted by molar-refractivity contribution is 6.40. The summed E-state index contributed by atoms with van der Waals surface area (Å²) in [5.41, 5.74) is 0.953. The Hall–Kier alpha value is -1.59. The summed E-state index contributed by atoms with van der Waals surface area (Å²) < 4.78 is 0. The average Bonchev–Trinajstić information content (AvgIpc) is 2.41. The number of rotatable bonds is 5. The first-order valence-corrected chi connectivity index (χ1v) is 7.10. The number of aliphatic hydroxyl groups is 1. The first-order chi connectivity index (χ1) is 9.76. The molecule has 0 aromatic heterocycles.